The molecule has 0 bridgehead atoms. The van der Waals surface area contributed by atoms with Crippen LogP contribution in [-0.2, 0) is 9.59 Å². The highest BCUT2D eigenvalue weighted by Gasteiger charge is 2.00. The zero-order valence-corrected chi connectivity index (χ0v) is 12.9. The number of amides is 2. The molecule has 5 nitrogen and oxygen atoms in total. The van der Waals surface area contributed by atoms with Crippen LogP contribution in [0.5, 0.6) is 5.75 Å². The summed E-state index contributed by atoms with van der Waals surface area (Å²) in [6.45, 7) is -0.169. The van der Waals surface area contributed by atoms with Crippen LogP contribution >= 0.6 is 11.6 Å². The summed E-state index contributed by atoms with van der Waals surface area (Å²) in [5.41, 5.74) is 6.44. The molecule has 0 fully saturated rings. The second-order valence-corrected chi connectivity index (χ2v) is 5.09. The molecule has 0 aromatic heterocycles. The summed E-state index contributed by atoms with van der Waals surface area (Å²) in [6.07, 6.45) is 3.08. The second kappa shape index (κ2) is 8.00. The fourth-order valence-corrected chi connectivity index (χ4v) is 1.94. The molecule has 23 heavy (non-hydrogen) atoms. The monoisotopic (exact) mass is 330 g/mol. The third kappa shape index (κ3) is 5.84. The average Bonchev–Trinajstić information content (AvgIpc) is 2.52. The van der Waals surface area contributed by atoms with Crippen molar-refractivity contribution in [1.29, 1.82) is 0 Å². The first-order valence-electron chi connectivity index (χ1n) is 6.79. The minimum Gasteiger partial charge on any atom is -0.484 e. The van der Waals surface area contributed by atoms with Gasteiger partial charge in [-0.15, -0.1) is 0 Å². The number of benzene rings is 2. The van der Waals surface area contributed by atoms with Crippen LogP contribution in [0.3, 0.4) is 0 Å². The van der Waals surface area contributed by atoms with E-state index in [2.05, 4.69) is 5.32 Å². The van der Waals surface area contributed by atoms with Gasteiger partial charge in [-0.1, -0.05) is 29.8 Å². The highest BCUT2D eigenvalue weighted by Crippen LogP contribution is 2.15. The number of primary amides is 1. The summed E-state index contributed by atoms with van der Waals surface area (Å²) in [5, 5.41) is 3.26. The Labute approximate surface area is 138 Å². The molecule has 6 heteroatoms. The second-order valence-electron chi connectivity index (χ2n) is 4.66. The van der Waals surface area contributed by atoms with E-state index in [1.807, 2.05) is 0 Å². The van der Waals surface area contributed by atoms with Gasteiger partial charge in [0.15, 0.2) is 6.61 Å². The van der Waals surface area contributed by atoms with Gasteiger partial charge in [-0.2, -0.15) is 0 Å². The van der Waals surface area contributed by atoms with Gasteiger partial charge in [0, 0.05) is 16.8 Å². The minimum atomic E-state index is -0.536. The van der Waals surface area contributed by atoms with Crippen molar-refractivity contribution in [3.8, 4) is 5.75 Å². The molecule has 0 aliphatic heterocycles. The zero-order chi connectivity index (χ0) is 16.7. The predicted molar refractivity (Wildman–Crippen MR) is 90.2 cm³/mol. The van der Waals surface area contributed by atoms with E-state index in [0.29, 0.717) is 16.5 Å². The van der Waals surface area contributed by atoms with E-state index in [1.54, 1.807) is 54.6 Å². The molecule has 0 radical (unpaired) electrons. The van der Waals surface area contributed by atoms with Crippen LogP contribution in [0.4, 0.5) is 5.69 Å². The molecular formula is C17H15ClN2O3. The summed E-state index contributed by atoms with van der Waals surface area (Å²) in [6, 6.07) is 13.8. The standard InChI is InChI=1S/C17H15ClN2O3/c18-13-2-1-3-14(10-13)20-17(22)9-6-12-4-7-15(8-5-12)23-11-16(19)21/h1-10H,11H2,(H2,19,21)(H,20,22)/b9-6+. The van der Waals surface area contributed by atoms with E-state index < -0.39 is 5.91 Å². The molecule has 3 N–H and O–H groups in total. The van der Waals surface area contributed by atoms with Crippen molar-refractivity contribution in [1.82, 2.24) is 0 Å². The lowest BCUT2D eigenvalue weighted by atomic mass is 10.2. The van der Waals surface area contributed by atoms with E-state index >= 15 is 0 Å². The van der Waals surface area contributed by atoms with Gasteiger partial charge in [0.05, 0.1) is 0 Å². The maximum absolute atomic E-state index is 11.8. The first-order valence-corrected chi connectivity index (χ1v) is 7.16. The van der Waals surface area contributed by atoms with Crippen LogP contribution in [0.2, 0.25) is 5.02 Å². The van der Waals surface area contributed by atoms with E-state index in [-0.39, 0.29) is 12.5 Å². The maximum Gasteiger partial charge on any atom is 0.255 e. The molecule has 2 amide bonds. The van der Waals surface area contributed by atoms with E-state index in [0.717, 1.165) is 5.56 Å². The number of ether oxygens (including phenoxy) is 1. The molecule has 0 spiro atoms. The zero-order valence-electron chi connectivity index (χ0n) is 12.2. The van der Waals surface area contributed by atoms with Gasteiger partial charge in [0.1, 0.15) is 5.75 Å². The number of nitrogens with two attached hydrogens (primary N) is 1. The minimum absolute atomic E-state index is 0.169. The van der Waals surface area contributed by atoms with Crippen molar-refractivity contribution in [2.24, 2.45) is 5.73 Å². The van der Waals surface area contributed by atoms with Crippen LogP contribution in [0.1, 0.15) is 5.56 Å². The summed E-state index contributed by atoms with van der Waals surface area (Å²) in [4.78, 5) is 22.4. The third-order valence-electron chi connectivity index (χ3n) is 2.78. The molecule has 0 unspecified atom stereocenters. The van der Waals surface area contributed by atoms with Crippen LogP contribution in [0, 0.1) is 0 Å². The van der Waals surface area contributed by atoms with Gasteiger partial charge in [0.25, 0.3) is 5.91 Å². The summed E-state index contributed by atoms with van der Waals surface area (Å²) in [5.74, 6) is -0.266. The van der Waals surface area contributed by atoms with Crippen LogP contribution in [-0.4, -0.2) is 18.4 Å². The van der Waals surface area contributed by atoms with Crippen molar-refractivity contribution in [2.75, 3.05) is 11.9 Å². The number of halogens is 1. The molecule has 0 aliphatic carbocycles. The lowest BCUT2D eigenvalue weighted by molar-refractivity contribution is -0.120. The Hall–Kier alpha value is -2.79. The molecular weight excluding hydrogens is 316 g/mol. The van der Waals surface area contributed by atoms with Crippen molar-refractivity contribution in [3.63, 3.8) is 0 Å². The Kier molecular flexibility index (Phi) is 5.77. The Balaban J connectivity index is 1.91. The summed E-state index contributed by atoms with van der Waals surface area (Å²) in [7, 11) is 0. The molecule has 0 atom stereocenters. The van der Waals surface area contributed by atoms with Gasteiger partial charge < -0.3 is 15.8 Å². The number of carbonyl (C=O) groups is 2. The normalized spacial score (nSPS) is 10.5. The molecule has 0 saturated heterocycles. The number of hydrogen-bond donors (Lipinski definition) is 2. The largest absolute Gasteiger partial charge is 0.484 e. The molecule has 0 aliphatic rings. The van der Waals surface area contributed by atoms with Gasteiger partial charge in [-0.25, -0.2) is 0 Å². The number of nitrogens with one attached hydrogen (secondary N) is 1. The van der Waals surface area contributed by atoms with Crippen LogP contribution < -0.4 is 15.8 Å². The van der Waals surface area contributed by atoms with Crippen molar-refractivity contribution in [2.45, 2.75) is 0 Å². The lowest BCUT2D eigenvalue weighted by Gasteiger charge is -2.04. The Morgan fingerprint density at radius 1 is 1.17 bits per heavy atom. The summed E-state index contributed by atoms with van der Waals surface area (Å²) < 4.78 is 5.15. The van der Waals surface area contributed by atoms with Gasteiger partial charge in [-0.05, 0) is 42.0 Å². The molecule has 0 saturated carbocycles. The van der Waals surface area contributed by atoms with Crippen molar-refractivity contribution in [3.05, 3.63) is 65.2 Å². The van der Waals surface area contributed by atoms with Gasteiger partial charge in [0.2, 0.25) is 5.91 Å². The van der Waals surface area contributed by atoms with Crippen molar-refractivity contribution < 1.29 is 14.3 Å². The fraction of sp³-hybridized carbons (Fsp3) is 0.0588. The van der Waals surface area contributed by atoms with Crippen molar-refractivity contribution >= 4 is 35.2 Å². The number of rotatable bonds is 6. The summed E-state index contributed by atoms with van der Waals surface area (Å²) >= 11 is 5.85. The smallest absolute Gasteiger partial charge is 0.255 e. The molecule has 0 heterocycles. The van der Waals surface area contributed by atoms with Gasteiger partial charge >= 0.3 is 0 Å². The SMILES string of the molecule is NC(=O)COc1ccc(/C=C/C(=O)Nc2cccc(Cl)c2)cc1. The fourth-order valence-electron chi connectivity index (χ4n) is 1.75. The average molecular weight is 331 g/mol. The Morgan fingerprint density at radius 2 is 1.91 bits per heavy atom. The van der Waals surface area contributed by atoms with E-state index in [4.69, 9.17) is 22.1 Å². The highest BCUT2D eigenvalue weighted by molar-refractivity contribution is 6.30. The molecule has 2 aromatic rings. The first kappa shape index (κ1) is 16.6. The van der Waals surface area contributed by atoms with Crippen LogP contribution in [0.25, 0.3) is 6.08 Å². The predicted octanol–water partition coefficient (Wildman–Crippen LogP) is 2.86. The van der Waals surface area contributed by atoms with E-state index in [1.165, 1.54) is 6.08 Å². The first-order chi connectivity index (χ1) is 11.0. The topological polar surface area (TPSA) is 81.4 Å². The highest BCUT2D eigenvalue weighted by atomic mass is 35.5. The maximum atomic E-state index is 11.8. The Bertz CT molecular complexity index is 727. The number of hydrogen-bond acceptors (Lipinski definition) is 3. The van der Waals surface area contributed by atoms with Gasteiger partial charge in [-0.3, -0.25) is 9.59 Å². The van der Waals surface area contributed by atoms with E-state index in [9.17, 15) is 9.59 Å². The molecule has 118 valence electrons. The quantitative estimate of drug-likeness (QED) is 0.799. The number of anilines is 1. The third-order valence-corrected chi connectivity index (χ3v) is 3.02. The lowest BCUT2D eigenvalue weighted by Crippen LogP contribution is -2.19. The van der Waals surface area contributed by atoms with Crippen LogP contribution in [0.15, 0.2) is 54.6 Å². The Morgan fingerprint density at radius 3 is 2.57 bits per heavy atom. The molecule has 2 rings (SSSR count). The molecule has 2 aromatic carbocycles. The number of carbonyl (C=O) groups excluding carboxylic acids is 2.